The molecule has 0 fully saturated rings. The highest BCUT2D eigenvalue weighted by Crippen LogP contribution is 2.31. The second-order valence-corrected chi connectivity index (χ2v) is 10.1. The van der Waals surface area contributed by atoms with E-state index in [1.54, 1.807) is 29.6 Å². The lowest BCUT2D eigenvalue weighted by Crippen LogP contribution is -2.09. The Bertz CT molecular complexity index is 1630. The van der Waals surface area contributed by atoms with Gasteiger partial charge in [0.2, 0.25) is 5.56 Å². The fraction of sp³-hybridized carbons (Fsp3) is 0.0455. The van der Waals surface area contributed by atoms with E-state index < -0.39 is 5.63 Å². The van der Waals surface area contributed by atoms with Gasteiger partial charge in [0.05, 0.1) is 21.2 Å². The standard InChI is InChI=1S/C22H12Br2ClN3O3S/c23-12-3-10-4-15(21(30)31-20(10)16(24)6-12)18-9-32-22(28-18)26-8-11-5-19(29)27-17-7-13(25)1-2-14(11)17/h1-7,9H,8H2,(H,26,28)(H,27,29). The molecule has 0 aliphatic heterocycles. The van der Waals surface area contributed by atoms with E-state index in [-0.39, 0.29) is 5.56 Å². The van der Waals surface area contributed by atoms with E-state index in [1.165, 1.54) is 11.3 Å². The molecule has 0 bridgehead atoms. The van der Waals surface area contributed by atoms with Gasteiger partial charge >= 0.3 is 5.63 Å². The van der Waals surface area contributed by atoms with Crippen LogP contribution in [0.1, 0.15) is 5.56 Å². The van der Waals surface area contributed by atoms with Gasteiger partial charge in [-0.25, -0.2) is 9.78 Å². The lowest BCUT2D eigenvalue weighted by Gasteiger charge is -2.07. The van der Waals surface area contributed by atoms with E-state index in [9.17, 15) is 9.59 Å². The summed E-state index contributed by atoms with van der Waals surface area (Å²) in [6, 6.07) is 12.4. The normalized spacial score (nSPS) is 11.3. The second-order valence-electron chi connectivity index (χ2n) is 6.99. The molecule has 0 unspecified atom stereocenters. The van der Waals surface area contributed by atoms with E-state index in [2.05, 4.69) is 47.1 Å². The highest BCUT2D eigenvalue weighted by Gasteiger charge is 2.14. The largest absolute Gasteiger partial charge is 0.421 e. The van der Waals surface area contributed by atoms with Crippen molar-refractivity contribution in [3.8, 4) is 11.3 Å². The number of rotatable bonds is 4. The molecule has 0 spiro atoms. The van der Waals surface area contributed by atoms with Gasteiger partial charge in [-0.05, 0) is 51.8 Å². The van der Waals surface area contributed by atoms with Crippen LogP contribution in [0.25, 0.3) is 33.1 Å². The number of H-pyrrole nitrogens is 1. The fourth-order valence-electron chi connectivity index (χ4n) is 3.44. The molecule has 3 aromatic heterocycles. The summed E-state index contributed by atoms with van der Waals surface area (Å²) in [6.45, 7) is 0.390. The predicted octanol–water partition coefficient (Wildman–Crippen LogP) is 6.55. The van der Waals surface area contributed by atoms with Crippen LogP contribution in [0.3, 0.4) is 0 Å². The van der Waals surface area contributed by atoms with Gasteiger partial charge in [-0.15, -0.1) is 11.3 Å². The molecule has 2 N–H and O–H groups in total. The maximum absolute atomic E-state index is 12.6. The molecule has 6 nitrogen and oxygen atoms in total. The first-order valence-electron chi connectivity index (χ1n) is 9.31. The molecule has 5 rings (SSSR count). The zero-order valence-corrected chi connectivity index (χ0v) is 20.8. The molecular weight excluding hydrogens is 582 g/mol. The zero-order valence-electron chi connectivity index (χ0n) is 16.0. The highest BCUT2D eigenvalue weighted by atomic mass is 79.9. The summed E-state index contributed by atoms with van der Waals surface area (Å²) in [6.07, 6.45) is 0. The van der Waals surface area contributed by atoms with Crippen molar-refractivity contribution in [2.45, 2.75) is 6.54 Å². The molecule has 0 saturated carbocycles. The minimum Gasteiger partial charge on any atom is -0.421 e. The van der Waals surface area contributed by atoms with Crippen LogP contribution >= 0.6 is 54.8 Å². The van der Waals surface area contributed by atoms with Crippen molar-refractivity contribution in [1.82, 2.24) is 9.97 Å². The maximum atomic E-state index is 12.6. The Labute approximate surface area is 206 Å². The first kappa shape index (κ1) is 21.4. The molecule has 0 saturated heterocycles. The van der Waals surface area contributed by atoms with Gasteiger partial charge in [0.25, 0.3) is 0 Å². The predicted molar refractivity (Wildman–Crippen MR) is 136 cm³/mol. The number of aromatic nitrogens is 2. The summed E-state index contributed by atoms with van der Waals surface area (Å²) in [5.74, 6) is 0. The molecule has 0 amide bonds. The van der Waals surface area contributed by atoms with Crippen molar-refractivity contribution in [1.29, 1.82) is 0 Å². The average Bonchev–Trinajstić information content (AvgIpc) is 3.20. The highest BCUT2D eigenvalue weighted by molar-refractivity contribution is 9.11. The number of halogens is 3. The van der Waals surface area contributed by atoms with Crippen molar-refractivity contribution >= 4 is 81.8 Å². The summed E-state index contributed by atoms with van der Waals surface area (Å²) in [5.41, 5.74) is 2.20. The van der Waals surface area contributed by atoms with Crippen LogP contribution in [0, 0.1) is 0 Å². The number of hydrogen-bond acceptors (Lipinski definition) is 6. The lowest BCUT2D eigenvalue weighted by atomic mass is 10.1. The van der Waals surface area contributed by atoms with Crippen molar-refractivity contribution < 1.29 is 4.42 Å². The molecule has 32 heavy (non-hydrogen) atoms. The van der Waals surface area contributed by atoms with Crippen molar-refractivity contribution in [3.05, 3.63) is 88.2 Å². The molecule has 3 heterocycles. The molecule has 5 aromatic rings. The Morgan fingerprint density at radius 3 is 2.81 bits per heavy atom. The monoisotopic (exact) mass is 591 g/mol. The number of fused-ring (bicyclic) bond motifs is 2. The van der Waals surface area contributed by atoms with E-state index in [0.717, 1.165) is 20.8 Å². The number of hydrogen-bond donors (Lipinski definition) is 2. The quantitative estimate of drug-likeness (QED) is 0.231. The number of thiazole rings is 1. The Kier molecular flexibility index (Phi) is 5.66. The van der Waals surface area contributed by atoms with Gasteiger partial charge in [0.1, 0.15) is 0 Å². The number of nitrogens with zero attached hydrogens (tertiary/aromatic N) is 1. The third kappa shape index (κ3) is 4.13. The van der Waals surface area contributed by atoms with Gasteiger partial charge in [-0.1, -0.05) is 33.6 Å². The Morgan fingerprint density at radius 2 is 1.97 bits per heavy atom. The molecule has 0 aliphatic carbocycles. The van der Waals surface area contributed by atoms with E-state index in [4.69, 9.17) is 16.0 Å². The molecular formula is C22H12Br2ClN3O3S. The molecule has 2 aromatic carbocycles. The minimum absolute atomic E-state index is 0.206. The molecule has 10 heteroatoms. The average molecular weight is 594 g/mol. The Hall–Kier alpha value is -2.46. The van der Waals surface area contributed by atoms with Crippen LogP contribution in [0.5, 0.6) is 0 Å². The number of pyridine rings is 1. The summed E-state index contributed by atoms with van der Waals surface area (Å²) < 4.78 is 7.07. The smallest absolute Gasteiger partial charge is 0.345 e. The van der Waals surface area contributed by atoms with Crippen LogP contribution in [-0.2, 0) is 6.54 Å². The van der Waals surface area contributed by atoms with Crippen molar-refractivity contribution in [2.75, 3.05) is 5.32 Å². The summed E-state index contributed by atoms with van der Waals surface area (Å²) in [4.78, 5) is 31.9. The Balaban J connectivity index is 1.45. The van der Waals surface area contributed by atoms with E-state index in [1.807, 2.05) is 18.2 Å². The topological polar surface area (TPSA) is 88.0 Å². The van der Waals surface area contributed by atoms with Gasteiger partial charge in [0, 0.05) is 38.3 Å². The molecule has 160 valence electrons. The number of nitrogens with one attached hydrogen (secondary N) is 2. The first-order chi connectivity index (χ1) is 15.4. The minimum atomic E-state index is -0.463. The fourth-order valence-corrected chi connectivity index (χ4v) is 5.66. The Morgan fingerprint density at radius 1 is 1.12 bits per heavy atom. The van der Waals surface area contributed by atoms with Crippen LogP contribution < -0.4 is 16.5 Å². The lowest BCUT2D eigenvalue weighted by molar-refractivity contribution is 0.561. The number of anilines is 1. The van der Waals surface area contributed by atoms with Crippen LogP contribution in [0.2, 0.25) is 5.02 Å². The van der Waals surface area contributed by atoms with E-state index >= 15 is 0 Å². The van der Waals surface area contributed by atoms with Gasteiger partial charge < -0.3 is 14.7 Å². The van der Waals surface area contributed by atoms with Gasteiger partial charge in [0.15, 0.2) is 10.7 Å². The van der Waals surface area contributed by atoms with Gasteiger partial charge in [-0.2, -0.15) is 0 Å². The third-order valence-electron chi connectivity index (χ3n) is 4.85. The molecule has 0 aliphatic rings. The van der Waals surface area contributed by atoms with E-state index in [0.29, 0.717) is 43.5 Å². The third-order valence-corrected chi connectivity index (χ3v) is 6.93. The van der Waals surface area contributed by atoms with Crippen LogP contribution in [0.4, 0.5) is 5.13 Å². The summed E-state index contributed by atoms with van der Waals surface area (Å²) in [5, 5.41) is 7.87. The number of aromatic amines is 1. The van der Waals surface area contributed by atoms with Crippen LogP contribution in [0.15, 0.2) is 70.8 Å². The van der Waals surface area contributed by atoms with Crippen molar-refractivity contribution in [2.24, 2.45) is 0 Å². The number of benzene rings is 2. The summed E-state index contributed by atoms with van der Waals surface area (Å²) in [7, 11) is 0. The maximum Gasteiger partial charge on any atom is 0.345 e. The van der Waals surface area contributed by atoms with Crippen LogP contribution in [-0.4, -0.2) is 9.97 Å². The molecule has 0 atom stereocenters. The SMILES string of the molecule is O=c1cc(CNc2nc(-c3cc4cc(Br)cc(Br)c4oc3=O)cs2)c2ccc(Cl)cc2[nH]1. The van der Waals surface area contributed by atoms with Crippen molar-refractivity contribution in [3.63, 3.8) is 0 Å². The first-order valence-corrected chi connectivity index (χ1v) is 12.2. The zero-order chi connectivity index (χ0) is 22.4. The second kappa shape index (κ2) is 8.47. The summed E-state index contributed by atoms with van der Waals surface area (Å²) >= 11 is 14.3. The molecule has 0 radical (unpaired) electrons. The van der Waals surface area contributed by atoms with Gasteiger partial charge in [-0.3, -0.25) is 4.79 Å².